The van der Waals surface area contributed by atoms with Crippen LogP contribution in [0.1, 0.15) is 67.5 Å². The van der Waals surface area contributed by atoms with Crippen molar-refractivity contribution in [3.05, 3.63) is 58.1 Å². The van der Waals surface area contributed by atoms with Crippen LogP contribution >= 0.6 is 0 Å². The first-order chi connectivity index (χ1) is 13.1. The molecule has 1 N–H and O–H groups in total. The van der Waals surface area contributed by atoms with Gasteiger partial charge in [-0.2, -0.15) is 0 Å². The molecule has 0 saturated heterocycles. The Morgan fingerprint density at radius 2 is 1.57 bits per heavy atom. The molecule has 1 amide bonds. The second-order valence-corrected chi connectivity index (χ2v) is 7.86. The maximum absolute atomic E-state index is 12.7. The van der Waals surface area contributed by atoms with Crippen LogP contribution in [-0.4, -0.2) is 19.1 Å². The van der Waals surface area contributed by atoms with E-state index in [0.29, 0.717) is 5.92 Å². The van der Waals surface area contributed by atoms with Gasteiger partial charge in [0.05, 0.1) is 13.2 Å². The molecule has 152 valence electrons. The topological polar surface area (TPSA) is 47.6 Å². The first kappa shape index (κ1) is 21.8. The predicted octanol–water partition coefficient (Wildman–Crippen LogP) is 5.39. The molecule has 0 aliphatic heterocycles. The third kappa shape index (κ3) is 5.06. The number of methoxy groups -OCH3 is 1. The lowest BCUT2D eigenvalue weighted by Gasteiger charge is -2.23. The number of ether oxygens (including phenoxy) is 2. The maximum atomic E-state index is 12.7. The standard InChI is InChI=1S/C24H33NO3/c1-14(2)20-13-21(16(4)12-23(20)27-8)18(6)25-24(26)19(7)28-22-10-9-15(3)11-17(22)5/h9-14,18-19H,1-8H3,(H,25,26). The van der Waals surface area contributed by atoms with Gasteiger partial charge in [-0.1, -0.05) is 31.5 Å². The van der Waals surface area contributed by atoms with Crippen LogP contribution in [0.3, 0.4) is 0 Å². The van der Waals surface area contributed by atoms with Crippen molar-refractivity contribution >= 4 is 5.91 Å². The largest absolute Gasteiger partial charge is 0.496 e. The Morgan fingerprint density at radius 3 is 2.14 bits per heavy atom. The maximum Gasteiger partial charge on any atom is 0.261 e. The summed E-state index contributed by atoms with van der Waals surface area (Å²) in [7, 11) is 1.69. The Bertz CT molecular complexity index is 842. The van der Waals surface area contributed by atoms with Crippen LogP contribution in [0.2, 0.25) is 0 Å². The van der Waals surface area contributed by atoms with Crippen LogP contribution in [0.15, 0.2) is 30.3 Å². The number of carbonyl (C=O) groups excluding carboxylic acids is 1. The van der Waals surface area contributed by atoms with Gasteiger partial charge in [0.2, 0.25) is 0 Å². The first-order valence-electron chi connectivity index (χ1n) is 9.86. The Labute approximate surface area is 169 Å². The SMILES string of the molecule is COc1cc(C)c(C(C)NC(=O)C(C)Oc2ccc(C)cc2C)cc1C(C)C. The number of hydrogen-bond acceptors (Lipinski definition) is 3. The number of rotatable bonds is 7. The average molecular weight is 384 g/mol. The minimum atomic E-state index is -0.577. The lowest BCUT2D eigenvalue weighted by Crippen LogP contribution is -2.38. The second kappa shape index (κ2) is 9.13. The smallest absolute Gasteiger partial charge is 0.261 e. The summed E-state index contributed by atoms with van der Waals surface area (Å²) in [5.74, 6) is 1.84. The molecule has 0 bridgehead atoms. The van der Waals surface area contributed by atoms with E-state index in [-0.39, 0.29) is 11.9 Å². The van der Waals surface area contributed by atoms with Crippen molar-refractivity contribution < 1.29 is 14.3 Å². The molecule has 0 heterocycles. The van der Waals surface area contributed by atoms with Gasteiger partial charge in [0.15, 0.2) is 6.10 Å². The fourth-order valence-corrected chi connectivity index (χ4v) is 3.39. The molecule has 4 nitrogen and oxygen atoms in total. The van der Waals surface area contributed by atoms with Crippen molar-refractivity contribution in [3.8, 4) is 11.5 Å². The minimum Gasteiger partial charge on any atom is -0.496 e. The molecule has 0 saturated carbocycles. The summed E-state index contributed by atoms with van der Waals surface area (Å²) in [5.41, 5.74) is 5.53. The second-order valence-electron chi connectivity index (χ2n) is 7.86. The van der Waals surface area contributed by atoms with Crippen LogP contribution in [0.4, 0.5) is 0 Å². The van der Waals surface area contributed by atoms with E-state index >= 15 is 0 Å². The van der Waals surface area contributed by atoms with Crippen molar-refractivity contribution in [3.63, 3.8) is 0 Å². The zero-order valence-corrected chi connectivity index (χ0v) is 18.3. The van der Waals surface area contributed by atoms with Gasteiger partial charge in [0.1, 0.15) is 11.5 Å². The predicted molar refractivity (Wildman–Crippen MR) is 114 cm³/mol. The summed E-state index contributed by atoms with van der Waals surface area (Å²) < 4.78 is 11.4. The molecule has 2 aromatic carbocycles. The number of benzene rings is 2. The number of carbonyl (C=O) groups is 1. The summed E-state index contributed by atoms with van der Waals surface area (Å²) >= 11 is 0. The molecule has 2 aromatic rings. The summed E-state index contributed by atoms with van der Waals surface area (Å²) in [6.45, 7) is 14.1. The highest BCUT2D eigenvalue weighted by atomic mass is 16.5. The molecule has 0 radical (unpaired) electrons. The number of aryl methyl sites for hydroxylation is 3. The van der Waals surface area contributed by atoms with Gasteiger partial charge in [-0.15, -0.1) is 0 Å². The fourth-order valence-electron chi connectivity index (χ4n) is 3.39. The molecular weight excluding hydrogens is 350 g/mol. The van der Waals surface area contributed by atoms with Gasteiger partial charge in [-0.25, -0.2) is 0 Å². The summed E-state index contributed by atoms with van der Waals surface area (Å²) in [6.07, 6.45) is -0.577. The summed E-state index contributed by atoms with van der Waals surface area (Å²) in [6, 6.07) is 10.0. The van der Waals surface area contributed by atoms with Crippen molar-refractivity contribution in [2.45, 2.75) is 66.5 Å². The van der Waals surface area contributed by atoms with E-state index in [1.54, 1.807) is 14.0 Å². The van der Waals surface area contributed by atoms with E-state index in [9.17, 15) is 4.79 Å². The monoisotopic (exact) mass is 383 g/mol. The number of hydrogen-bond donors (Lipinski definition) is 1. The minimum absolute atomic E-state index is 0.124. The quantitative estimate of drug-likeness (QED) is 0.697. The van der Waals surface area contributed by atoms with Crippen molar-refractivity contribution in [1.29, 1.82) is 0 Å². The van der Waals surface area contributed by atoms with Gasteiger partial charge in [-0.05, 0) is 81.0 Å². The van der Waals surface area contributed by atoms with Crippen LogP contribution in [0.25, 0.3) is 0 Å². The van der Waals surface area contributed by atoms with E-state index in [2.05, 4.69) is 31.3 Å². The third-order valence-electron chi connectivity index (χ3n) is 5.07. The lowest BCUT2D eigenvalue weighted by atomic mass is 9.93. The zero-order valence-electron chi connectivity index (χ0n) is 18.3. The molecule has 2 unspecified atom stereocenters. The molecule has 0 fully saturated rings. The van der Waals surface area contributed by atoms with E-state index in [4.69, 9.17) is 9.47 Å². The van der Waals surface area contributed by atoms with Gasteiger partial charge in [0.25, 0.3) is 5.91 Å². The van der Waals surface area contributed by atoms with Crippen LogP contribution in [-0.2, 0) is 4.79 Å². The molecule has 0 spiro atoms. The molecule has 2 atom stereocenters. The third-order valence-corrected chi connectivity index (χ3v) is 5.07. The Hall–Kier alpha value is -2.49. The van der Waals surface area contributed by atoms with Crippen molar-refractivity contribution in [1.82, 2.24) is 5.32 Å². The first-order valence-corrected chi connectivity index (χ1v) is 9.86. The highest BCUT2D eigenvalue weighted by Gasteiger charge is 2.21. The van der Waals surface area contributed by atoms with E-state index in [1.807, 2.05) is 45.9 Å². The van der Waals surface area contributed by atoms with Crippen LogP contribution < -0.4 is 14.8 Å². The zero-order chi connectivity index (χ0) is 21.0. The lowest BCUT2D eigenvalue weighted by molar-refractivity contribution is -0.127. The molecule has 0 aromatic heterocycles. The fraction of sp³-hybridized carbons (Fsp3) is 0.458. The number of nitrogens with one attached hydrogen (secondary N) is 1. The number of amides is 1. The van der Waals surface area contributed by atoms with Crippen molar-refractivity contribution in [2.24, 2.45) is 0 Å². The van der Waals surface area contributed by atoms with Gasteiger partial charge >= 0.3 is 0 Å². The molecule has 0 aliphatic carbocycles. The molecule has 28 heavy (non-hydrogen) atoms. The average Bonchev–Trinajstić information content (AvgIpc) is 2.63. The van der Waals surface area contributed by atoms with E-state index in [1.165, 1.54) is 5.56 Å². The highest BCUT2D eigenvalue weighted by molar-refractivity contribution is 5.81. The van der Waals surface area contributed by atoms with E-state index in [0.717, 1.165) is 33.8 Å². The summed E-state index contributed by atoms with van der Waals surface area (Å²) in [5, 5.41) is 3.09. The molecule has 2 rings (SSSR count). The van der Waals surface area contributed by atoms with Gasteiger partial charge in [0, 0.05) is 0 Å². The molecule has 4 heteroatoms. The molecule has 0 aliphatic rings. The van der Waals surface area contributed by atoms with Gasteiger partial charge in [-0.3, -0.25) is 4.79 Å². The van der Waals surface area contributed by atoms with Gasteiger partial charge < -0.3 is 14.8 Å². The highest BCUT2D eigenvalue weighted by Crippen LogP contribution is 2.32. The van der Waals surface area contributed by atoms with E-state index < -0.39 is 6.10 Å². The van der Waals surface area contributed by atoms with Crippen LogP contribution in [0.5, 0.6) is 11.5 Å². The Morgan fingerprint density at radius 1 is 0.893 bits per heavy atom. The van der Waals surface area contributed by atoms with Crippen LogP contribution in [0, 0.1) is 20.8 Å². The normalized spacial score (nSPS) is 13.2. The Kier molecular flexibility index (Phi) is 7.11. The van der Waals surface area contributed by atoms with Crippen molar-refractivity contribution in [2.75, 3.05) is 7.11 Å². The summed E-state index contributed by atoms with van der Waals surface area (Å²) in [4.78, 5) is 12.7. The molecular formula is C24H33NO3. The Balaban J connectivity index is 2.14.